The summed E-state index contributed by atoms with van der Waals surface area (Å²) in [5, 5.41) is 0. The maximum Gasteiger partial charge on any atom is 0.497 e. The first kappa shape index (κ1) is 19.9. The van der Waals surface area contributed by atoms with Gasteiger partial charge >= 0.3 is 7.12 Å². The van der Waals surface area contributed by atoms with Gasteiger partial charge in [0.15, 0.2) is 0 Å². The van der Waals surface area contributed by atoms with Crippen LogP contribution in [-0.4, -0.2) is 19.3 Å². The third-order valence-electron chi connectivity index (χ3n) is 4.45. The summed E-state index contributed by atoms with van der Waals surface area (Å²) in [6, 6.07) is 13.3. The fourth-order valence-electron chi connectivity index (χ4n) is 2.93. The number of halogens is 1. The van der Waals surface area contributed by atoms with Crippen LogP contribution in [0, 0.1) is 5.82 Å². The van der Waals surface area contributed by atoms with Gasteiger partial charge in [0.1, 0.15) is 18.2 Å². The van der Waals surface area contributed by atoms with E-state index < -0.39 is 7.12 Å². The number of benzene rings is 2. The number of hydrogen-bond donors (Lipinski definition) is 0. The van der Waals surface area contributed by atoms with Crippen LogP contribution in [0.2, 0.25) is 0 Å². The Morgan fingerprint density at radius 3 is 2.11 bits per heavy atom. The average Bonchev–Trinajstić information content (AvgIpc) is 3.44. The molecule has 27 heavy (non-hydrogen) atoms. The van der Waals surface area contributed by atoms with Gasteiger partial charge in [-0.3, -0.25) is 0 Å². The summed E-state index contributed by atoms with van der Waals surface area (Å²) < 4.78 is 31.9. The van der Waals surface area contributed by atoms with Crippen LogP contribution in [-0.2, 0) is 15.9 Å². The molecule has 2 aromatic carbocycles. The Labute approximate surface area is 162 Å². The Balaban J connectivity index is 1.64. The van der Waals surface area contributed by atoms with Crippen molar-refractivity contribution in [3.05, 3.63) is 59.4 Å². The maximum atomic E-state index is 14.6. The molecule has 0 atom stereocenters. The smallest absolute Gasteiger partial charge is 0.489 e. The quantitative estimate of drug-likeness (QED) is 0.592. The molecule has 1 saturated carbocycles. The molecule has 2 aromatic rings. The molecule has 144 valence electrons. The highest BCUT2D eigenvalue weighted by atomic mass is 19.1. The van der Waals surface area contributed by atoms with Crippen LogP contribution in [0.4, 0.5) is 4.39 Å². The highest BCUT2D eigenvalue weighted by Gasteiger charge is 2.28. The van der Waals surface area contributed by atoms with Crippen molar-refractivity contribution >= 4 is 12.6 Å². The average molecular weight is 370 g/mol. The molecule has 0 spiro atoms. The van der Waals surface area contributed by atoms with Crippen molar-refractivity contribution < 1.29 is 18.4 Å². The van der Waals surface area contributed by atoms with E-state index in [2.05, 4.69) is 24.3 Å². The van der Waals surface area contributed by atoms with Gasteiger partial charge in [0.2, 0.25) is 0 Å². The molecule has 3 nitrogen and oxygen atoms in total. The Hall–Kier alpha value is -1.85. The molecular formula is C22H28BFO3. The summed E-state index contributed by atoms with van der Waals surface area (Å²) >= 11 is 0. The van der Waals surface area contributed by atoms with E-state index in [1.165, 1.54) is 24.5 Å². The zero-order chi connectivity index (χ0) is 19.4. The lowest BCUT2D eigenvalue weighted by Crippen LogP contribution is -2.42. The molecule has 0 saturated heterocycles. The standard InChI is InChI=1S/C22H28BFO3/c1-15(2)26-23(27-16(3)4)21-12-11-20(13-22(21)24)25-14-17-5-7-18(8-6-17)19-9-10-19/h5-8,11-13,15-16,19H,9-10,14H2,1-4H3. The van der Waals surface area contributed by atoms with Gasteiger partial charge in [-0.25, -0.2) is 4.39 Å². The molecule has 5 heteroatoms. The minimum absolute atomic E-state index is 0.0670. The fourth-order valence-corrected chi connectivity index (χ4v) is 2.93. The minimum Gasteiger partial charge on any atom is -0.489 e. The molecule has 0 amide bonds. The monoisotopic (exact) mass is 370 g/mol. The molecule has 1 fully saturated rings. The summed E-state index contributed by atoms with van der Waals surface area (Å²) in [5.41, 5.74) is 2.86. The molecule has 0 heterocycles. The van der Waals surface area contributed by atoms with E-state index in [0.717, 1.165) is 11.5 Å². The van der Waals surface area contributed by atoms with Crippen LogP contribution >= 0.6 is 0 Å². The predicted molar refractivity (Wildman–Crippen MR) is 107 cm³/mol. The first-order chi connectivity index (χ1) is 12.9. The molecule has 0 bridgehead atoms. The van der Waals surface area contributed by atoms with E-state index >= 15 is 0 Å². The third kappa shape index (κ3) is 5.81. The van der Waals surface area contributed by atoms with E-state index in [0.29, 0.717) is 17.8 Å². The number of ether oxygens (including phenoxy) is 1. The van der Waals surface area contributed by atoms with Crippen LogP contribution in [0.5, 0.6) is 5.75 Å². The van der Waals surface area contributed by atoms with E-state index in [-0.39, 0.29) is 18.0 Å². The SMILES string of the molecule is CC(C)OB(OC(C)C)c1ccc(OCc2ccc(C3CC3)cc2)cc1F. The van der Waals surface area contributed by atoms with Crippen molar-refractivity contribution in [1.82, 2.24) is 0 Å². The Kier molecular flexibility index (Phi) is 6.56. The number of hydrogen-bond acceptors (Lipinski definition) is 3. The Morgan fingerprint density at radius 2 is 1.59 bits per heavy atom. The van der Waals surface area contributed by atoms with E-state index in [1.54, 1.807) is 12.1 Å². The molecule has 3 rings (SSSR count). The molecular weight excluding hydrogens is 342 g/mol. The van der Waals surface area contributed by atoms with Crippen LogP contribution in [0.15, 0.2) is 42.5 Å². The van der Waals surface area contributed by atoms with E-state index in [9.17, 15) is 4.39 Å². The summed E-state index contributed by atoms with van der Waals surface area (Å²) in [5.74, 6) is 0.855. The lowest BCUT2D eigenvalue weighted by Gasteiger charge is -2.20. The molecule has 1 aliphatic carbocycles. The lowest BCUT2D eigenvalue weighted by molar-refractivity contribution is 0.138. The Morgan fingerprint density at radius 1 is 0.963 bits per heavy atom. The van der Waals surface area contributed by atoms with Crippen molar-refractivity contribution in [3.8, 4) is 5.75 Å². The first-order valence-corrected chi connectivity index (χ1v) is 9.74. The number of rotatable bonds is 9. The second-order valence-corrected chi connectivity index (χ2v) is 7.69. The van der Waals surface area contributed by atoms with Crippen molar-refractivity contribution in [2.75, 3.05) is 0 Å². The summed E-state index contributed by atoms with van der Waals surface area (Å²) in [4.78, 5) is 0. The normalized spacial score (nSPS) is 14.0. The van der Waals surface area contributed by atoms with Gasteiger partial charge < -0.3 is 14.0 Å². The lowest BCUT2D eigenvalue weighted by atomic mass is 9.77. The predicted octanol–water partition coefficient (Wildman–Crippen LogP) is 4.83. The molecule has 0 radical (unpaired) electrons. The largest absolute Gasteiger partial charge is 0.497 e. The van der Waals surface area contributed by atoms with Gasteiger partial charge in [-0.2, -0.15) is 0 Å². The van der Waals surface area contributed by atoms with Crippen molar-refractivity contribution in [3.63, 3.8) is 0 Å². The first-order valence-electron chi connectivity index (χ1n) is 9.74. The van der Waals surface area contributed by atoms with E-state index in [1.807, 2.05) is 27.7 Å². The van der Waals surface area contributed by atoms with Crippen LogP contribution in [0.1, 0.15) is 57.6 Å². The van der Waals surface area contributed by atoms with Crippen molar-refractivity contribution in [1.29, 1.82) is 0 Å². The van der Waals surface area contributed by atoms with E-state index in [4.69, 9.17) is 14.0 Å². The van der Waals surface area contributed by atoms with Gasteiger partial charge in [-0.05, 0) is 63.6 Å². The molecule has 0 aliphatic heterocycles. The summed E-state index contributed by atoms with van der Waals surface area (Å²) in [6.07, 6.45) is 2.46. The van der Waals surface area contributed by atoms with Gasteiger partial charge in [-0.1, -0.05) is 30.3 Å². The maximum absolute atomic E-state index is 14.6. The van der Waals surface area contributed by atoms with Gasteiger partial charge in [0.25, 0.3) is 0 Å². The van der Waals surface area contributed by atoms with Crippen LogP contribution < -0.4 is 10.2 Å². The van der Waals surface area contributed by atoms with Crippen molar-refractivity contribution in [2.24, 2.45) is 0 Å². The van der Waals surface area contributed by atoms with Crippen LogP contribution in [0.3, 0.4) is 0 Å². The minimum atomic E-state index is -0.728. The third-order valence-corrected chi connectivity index (χ3v) is 4.45. The van der Waals surface area contributed by atoms with Gasteiger partial charge in [0.05, 0.1) is 0 Å². The zero-order valence-corrected chi connectivity index (χ0v) is 16.6. The molecule has 0 N–H and O–H groups in total. The second kappa shape index (κ2) is 8.90. The van der Waals surface area contributed by atoms with Gasteiger partial charge in [-0.15, -0.1) is 0 Å². The Bertz CT molecular complexity index is 732. The van der Waals surface area contributed by atoms with Gasteiger partial charge in [0, 0.05) is 23.7 Å². The fraction of sp³-hybridized carbons (Fsp3) is 0.455. The second-order valence-electron chi connectivity index (χ2n) is 7.69. The topological polar surface area (TPSA) is 27.7 Å². The summed E-state index contributed by atoms with van der Waals surface area (Å²) in [6.45, 7) is 8.03. The molecule has 1 aliphatic rings. The summed E-state index contributed by atoms with van der Waals surface area (Å²) in [7, 11) is -0.728. The van der Waals surface area contributed by atoms with Crippen LogP contribution in [0.25, 0.3) is 0 Å². The van der Waals surface area contributed by atoms with Crippen molar-refractivity contribution in [2.45, 2.75) is 65.3 Å². The highest BCUT2D eigenvalue weighted by Crippen LogP contribution is 2.39. The molecule has 0 aromatic heterocycles. The zero-order valence-electron chi connectivity index (χ0n) is 16.6. The highest BCUT2D eigenvalue weighted by molar-refractivity contribution is 6.61. The molecule has 0 unspecified atom stereocenters.